The highest BCUT2D eigenvalue weighted by Crippen LogP contribution is 2.58. The number of carboxylic acid groups (broad SMARTS) is 1. The number of carboxylic acids is 1. The summed E-state index contributed by atoms with van der Waals surface area (Å²) in [6.45, 7) is 9.80. The number of hydrogen-bond acceptors (Lipinski definition) is 5. The molecule has 0 radical (unpaired) electrons. The van der Waals surface area contributed by atoms with Gasteiger partial charge in [-0.2, -0.15) is 0 Å². The maximum absolute atomic E-state index is 14.6. The van der Waals surface area contributed by atoms with Crippen LogP contribution in [0.25, 0.3) is 0 Å². The minimum absolute atomic E-state index is 0.0677. The van der Waals surface area contributed by atoms with Crippen molar-refractivity contribution in [3.63, 3.8) is 0 Å². The number of halogens is 2. The Morgan fingerprint density at radius 2 is 1.73 bits per heavy atom. The summed E-state index contributed by atoms with van der Waals surface area (Å²) in [6, 6.07) is 25.9. The molecular formula is C39H41Cl2N3O4. The zero-order valence-corrected chi connectivity index (χ0v) is 29.3. The van der Waals surface area contributed by atoms with Crippen molar-refractivity contribution in [1.82, 2.24) is 5.32 Å². The van der Waals surface area contributed by atoms with Crippen LogP contribution in [-0.4, -0.2) is 42.7 Å². The molecule has 0 aliphatic carbocycles. The molecule has 250 valence electrons. The summed E-state index contributed by atoms with van der Waals surface area (Å²) >= 11 is 13.3. The summed E-state index contributed by atoms with van der Waals surface area (Å²) in [6.07, 6.45) is 0.797. The lowest BCUT2D eigenvalue weighted by atomic mass is 9.63. The fraction of sp³-hybridized carbons (Fsp3) is 0.333. The van der Waals surface area contributed by atoms with Gasteiger partial charge in [0.2, 0.25) is 5.91 Å². The topological polar surface area (TPSA) is 90.9 Å². The number of ether oxygens (including phenoxy) is 1. The number of amides is 1. The number of methoxy groups -OCH3 is 1. The van der Waals surface area contributed by atoms with Gasteiger partial charge in [0, 0.05) is 46.2 Å². The summed E-state index contributed by atoms with van der Waals surface area (Å²) in [5, 5.41) is 17.7. The Labute approximate surface area is 292 Å². The maximum Gasteiger partial charge on any atom is 0.335 e. The Bertz CT molecular complexity index is 1860. The molecule has 3 N–H and O–H groups in total. The van der Waals surface area contributed by atoms with Crippen molar-refractivity contribution >= 4 is 46.5 Å². The van der Waals surface area contributed by atoms with Crippen molar-refractivity contribution in [1.29, 1.82) is 0 Å². The molecule has 1 amide bonds. The summed E-state index contributed by atoms with van der Waals surface area (Å²) < 4.78 is 5.64. The van der Waals surface area contributed by atoms with Crippen LogP contribution < -0.4 is 20.3 Å². The highest BCUT2D eigenvalue weighted by Gasteiger charge is 2.62. The van der Waals surface area contributed by atoms with Crippen molar-refractivity contribution in [2.45, 2.75) is 64.1 Å². The normalized spacial score (nSPS) is 21.7. The summed E-state index contributed by atoms with van der Waals surface area (Å²) in [4.78, 5) is 28.4. The van der Waals surface area contributed by atoms with Gasteiger partial charge >= 0.3 is 5.97 Å². The molecule has 6 rings (SSSR count). The van der Waals surface area contributed by atoms with E-state index < -0.39 is 17.4 Å². The predicted molar refractivity (Wildman–Crippen MR) is 193 cm³/mol. The van der Waals surface area contributed by atoms with Crippen LogP contribution in [0.1, 0.15) is 65.7 Å². The van der Waals surface area contributed by atoms with E-state index >= 15 is 0 Å². The molecule has 9 heteroatoms. The van der Waals surface area contributed by atoms with Gasteiger partial charge in [-0.15, -0.1) is 0 Å². The minimum atomic E-state index is -0.960. The van der Waals surface area contributed by atoms with E-state index in [4.69, 9.17) is 27.9 Å². The van der Waals surface area contributed by atoms with Crippen molar-refractivity contribution in [2.75, 3.05) is 23.9 Å². The van der Waals surface area contributed by atoms with E-state index in [1.165, 1.54) is 0 Å². The van der Waals surface area contributed by atoms with E-state index in [-0.39, 0.29) is 28.8 Å². The van der Waals surface area contributed by atoms with Crippen molar-refractivity contribution < 1.29 is 19.4 Å². The first-order valence-electron chi connectivity index (χ1n) is 16.1. The number of carbonyl (C=O) groups excluding carboxylic acids is 1. The second kappa shape index (κ2) is 13.1. The van der Waals surface area contributed by atoms with Crippen LogP contribution in [0, 0.1) is 12.3 Å². The third-order valence-corrected chi connectivity index (χ3v) is 10.1. The van der Waals surface area contributed by atoms with E-state index in [2.05, 4.69) is 48.4 Å². The van der Waals surface area contributed by atoms with Crippen LogP contribution in [0.4, 0.5) is 11.4 Å². The zero-order valence-electron chi connectivity index (χ0n) is 27.8. The zero-order chi connectivity index (χ0) is 34.4. The van der Waals surface area contributed by atoms with Crippen molar-refractivity contribution in [3.8, 4) is 5.75 Å². The van der Waals surface area contributed by atoms with Gasteiger partial charge in [0.15, 0.2) is 0 Å². The van der Waals surface area contributed by atoms with Crippen LogP contribution in [0.5, 0.6) is 5.75 Å². The average molecular weight is 687 g/mol. The van der Waals surface area contributed by atoms with Gasteiger partial charge in [-0.25, -0.2) is 4.79 Å². The SMILES string of the molecule is COc1cc(C)ccc1NC(=O)[C@@H]1N[C@@H](CC(C)(C)C)[C@@]2(CN(Cc3ccc(C(=O)O)cc3)c3cc(Cl)ccc32)[C@H]1c1cccc(Cl)c1. The highest BCUT2D eigenvalue weighted by molar-refractivity contribution is 6.31. The first kappa shape index (κ1) is 33.8. The number of carbonyl (C=O) groups is 2. The van der Waals surface area contributed by atoms with Gasteiger partial charge in [-0.1, -0.05) is 80.4 Å². The molecule has 1 saturated heterocycles. The van der Waals surface area contributed by atoms with Gasteiger partial charge in [0.1, 0.15) is 5.75 Å². The van der Waals surface area contributed by atoms with Crippen LogP contribution >= 0.6 is 23.2 Å². The van der Waals surface area contributed by atoms with Crippen molar-refractivity contribution in [2.24, 2.45) is 5.41 Å². The number of aromatic carboxylic acids is 1. The van der Waals surface area contributed by atoms with Gasteiger partial charge in [0.05, 0.1) is 24.4 Å². The molecule has 0 bridgehead atoms. The molecule has 48 heavy (non-hydrogen) atoms. The number of rotatable bonds is 8. The fourth-order valence-electron chi connectivity index (χ4n) is 7.68. The second-order valence-electron chi connectivity index (χ2n) is 14.2. The average Bonchev–Trinajstić information content (AvgIpc) is 3.51. The number of fused-ring (bicyclic) bond motifs is 2. The molecule has 4 aromatic rings. The Hall–Kier alpha value is -4.04. The molecular weight excluding hydrogens is 645 g/mol. The van der Waals surface area contributed by atoms with E-state index in [0.29, 0.717) is 34.6 Å². The first-order chi connectivity index (χ1) is 22.8. The molecule has 2 heterocycles. The molecule has 1 spiro atoms. The molecule has 7 nitrogen and oxygen atoms in total. The third-order valence-electron chi connectivity index (χ3n) is 9.64. The lowest BCUT2D eigenvalue weighted by Crippen LogP contribution is -2.48. The first-order valence-corrected chi connectivity index (χ1v) is 16.9. The Kier molecular flexibility index (Phi) is 9.24. The number of benzene rings is 4. The number of hydrogen-bond donors (Lipinski definition) is 3. The second-order valence-corrected chi connectivity index (χ2v) is 15.1. The minimum Gasteiger partial charge on any atom is -0.495 e. The predicted octanol–water partition coefficient (Wildman–Crippen LogP) is 8.47. The standard InChI is InChI=1S/C39H41Cl2N3O4/c1-23-9-16-30(32(17-23)48-5)42-36(45)35-34(26-7-6-8-27(40)18-26)39(33(43-35)20-38(2,3)4)22-44(31-19-28(41)14-15-29(31)39)21-24-10-12-25(13-11-24)37(46)47/h6-19,33-35,43H,20-22H2,1-5H3,(H,42,45)(H,46,47)/t33-,34-,35+,39-/m0/s1. The van der Waals surface area contributed by atoms with Crippen molar-refractivity contribution in [3.05, 3.63) is 123 Å². The Morgan fingerprint density at radius 3 is 2.40 bits per heavy atom. The van der Waals surface area contributed by atoms with Crippen LogP contribution in [0.15, 0.2) is 84.9 Å². The van der Waals surface area contributed by atoms with E-state index in [0.717, 1.165) is 34.4 Å². The molecule has 0 aromatic heterocycles. The molecule has 2 aliphatic heterocycles. The lowest BCUT2D eigenvalue weighted by Gasteiger charge is -2.40. The molecule has 2 aliphatic rings. The number of anilines is 2. The largest absolute Gasteiger partial charge is 0.495 e. The molecule has 0 unspecified atom stereocenters. The van der Waals surface area contributed by atoms with Gasteiger partial charge in [-0.05, 0) is 89.5 Å². The van der Waals surface area contributed by atoms with E-state index in [1.807, 2.05) is 67.6 Å². The number of nitrogens with one attached hydrogen (secondary N) is 2. The Balaban J connectivity index is 1.50. The number of nitrogens with zero attached hydrogens (tertiary/aromatic N) is 1. The van der Waals surface area contributed by atoms with E-state index in [9.17, 15) is 14.7 Å². The number of aryl methyl sites for hydroxylation is 1. The Morgan fingerprint density at radius 1 is 1.00 bits per heavy atom. The molecule has 4 atom stereocenters. The summed E-state index contributed by atoms with van der Waals surface area (Å²) in [5.41, 5.74) is 5.31. The maximum atomic E-state index is 14.6. The van der Waals surface area contributed by atoms with Gasteiger partial charge in [-0.3, -0.25) is 4.79 Å². The monoisotopic (exact) mass is 685 g/mol. The highest BCUT2D eigenvalue weighted by atomic mass is 35.5. The molecule has 0 saturated carbocycles. The van der Waals surface area contributed by atoms with Crippen LogP contribution in [0.3, 0.4) is 0 Å². The van der Waals surface area contributed by atoms with Crippen LogP contribution in [0.2, 0.25) is 10.0 Å². The van der Waals surface area contributed by atoms with Gasteiger partial charge in [0.25, 0.3) is 0 Å². The summed E-state index contributed by atoms with van der Waals surface area (Å²) in [7, 11) is 1.60. The van der Waals surface area contributed by atoms with Crippen LogP contribution in [-0.2, 0) is 16.8 Å². The van der Waals surface area contributed by atoms with Gasteiger partial charge < -0.3 is 25.4 Å². The van der Waals surface area contributed by atoms with E-state index in [1.54, 1.807) is 19.2 Å². The third kappa shape index (κ3) is 6.51. The molecule has 4 aromatic carbocycles. The quantitative estimate of drug-likeness (QED) is 0.172. The summed E-state index contributed by atoms with van der Waals surface area (Å²) in [5.74, 6) is -0.823. The molecule has 1 fully saturated rings. The smallest absolute Gasteiger partial charge is 0.335 e. The fourth-order valence-corrected chi connectivity index (χ4v) is 8.05. The lowest BCUT2D eigenvalue weighted by molar-refractivity contribution is -0.118.